The van der Waals surface area contributed by atoms with Crippen molar-refractivity contribution in [3.63, 3.8) is 0 Å². The van der Waals surface area contributed by atoms with Crippen LogP contribution in [0.25, 0.3) is 0 Å². The molecule has 0 saturated carbocycles. The monoisotopic (exact) mass is 279 g/mol. The van der Waals surface area contributed by atoms with Crippen molar-refractivity contribution in [2.45, 2.75) is 12.5 Å². The minimum Gasteiger partial charge on any atom is -0.387 e. The Kier molecular flexibility index (Phi) is 4.96. The van der Waals surface area contributed by atoms with Gasteiger partial charge in [0.25, 0.3) is 0 Å². The second-order valence-corrected chi connectivity index (χ2v) is 4.98. The standard InChI is InChI=1S/C14H18ClN3O/c1-18-10-11(8-17-18)6-7-16-9-14(19)12-2-4-13(15)5-3-12/h2-5,8,10,14,16,19H,6-7,9H2,1H3. The van der Waals surface area contributed by atoms with Crippen LogP contribution in [-0.4, -0.2) is 28.0 Å². The summed E-state index contributed by atoms with van der Waals surface area (Å²) in [4.78, 5) is 0. The third-order valence-corrected chi connectivity index (χ3v) is 3.19. The fraction of sp³-hybridized carbons (Fsp3) is 0.357. The highest BCUT2D eigenvalue weighted by molar-refractivity contribution is 6.30. The van der Waals surface area contributed by atoms with Gasteiger partial charge in [-0.15, -0.1) is 0 Å². The molecule has 2 aromatic rings. The lowest BCUT2D eigenvalue weighted by Gasteiger charge is -2.12. The molecule has 1 aromatic heterocycles. The minimum atomic E-state index is -0.508. The lowest BCUT2D eigenvalue weighted by molar-refractivity contribution is 0.175. The minimum absolute atomic E-state index is 0.508. The topological polar surface area (TPSA) is 50.1 Å². The van der Waals surface area contributed by atoms with E-state index in [2.05, 4.69) is 10.4 Å². The number of nitrogens with zero attached hydrogens (tertiary/aromatic N) is 2. The summed E-state index contributed by atoms with van der Waals surface area (Å²) in [6.07, 6.45) is 4.25. The summed E-state index contributed by atoms with van der Waals surface area (Å²) in [6.45, 7) is 1.35. The molecule has 102 valence electrons. The van der Waals surface area contributed by atoms with Crippen LogP contribution >= 0.6 is 11.6 Å². The van der Waals surface area contributed by atoms with Gasteiger partial charge in [-0.2, -0.15) is 5.10 Å². The maximum Gasteiger partial charge on any atom is 0.0914 e. The summed E-state index contributed by atoms with van der Waals surface area (Å²) in [5.41, 5.74) is 2.06. The number of aliphatic hydroxyl groups excluding tert-OH is 1. The molecule has 2 N–H and O–H groups in total. The molecule has 0 aliphatic carbocycles. The molecule has 2 rings (SSSR count). The van der Waals surface area contributed by atoms with Crippen molar-refractivity contribution < 1.29 is 5.11 Å². The van der Waals surface area contributed by atoms with Gasteiger partial charge in [0.15, 0.2) is 0 Å². The van der Waals surface area contributed by atoms with Gasteiger partial charge in [0, 0.05) is 24.8 Å². The van der Waals surface area contributed by atoms with E-state index in [4.69, 9.17) is 11.6 Å². The number of halogens is 1. The summed E-state index contributed by atoms with van der Waals surface area (Å²) in [6, 6.07) is 7.26. The molecule has 1 aromatic carbocycles. The van der Waals surface area contributed by atoms with Crippen LogP contribution in [0.2, 0.25) is 5.02 Å². The summed E-state index contributed by atoms with van der Waals surface area (Å²) >= 11 is 5.81. The van der Waals surface area contributed by atoms with Crippen LogP contribution in [0, 0.1) is 0 Å². The molecule has 0 radical (unpaired) electrons. The maximum atomic E-state index is 9.99. The number of benzene rings is 1. The molecule has 0 spiro atoms. The van der Waals surface area contributed by atoms with Gasteiger partial charge in [0.1, 0.15) is 0 Å². The van der Waals surface area contributed by atoms with E-state index in [0.29, 0.717) is 11.6 Å². The zero-order valence-corrected chi connectivity index (χ0v) is 11.6. The number of hydrogen-bond donors (Lipinski definition) is 2. The maximum absolute atomic E-state index is 9.99. The van der Waals surface area contributed by atoms with Crippen molar-refractivity contribution >= 4 is 11.6 Å². The van der Waals surface area contributed by atoms with Gasteiger partial charge in [-0.1, -0.05) is 23.7 Å². The number of hydrogen-bond acceptors (Lipinski definition) is 3. The average molecular weight is 280 g/mol. The van der Waals surface area contributed by atoms with Crippen molar-refractivity contribution in [3.05, 3.63) is 52.8 Å². The average Bonchev–Trinajstić information content (AvgIpc) is 2.81. The lowest BCUT2D eigenvalue weighted by atomic mass is 10.1. The normalized spacial score (nSPS) is 12.6. The van der Waals surface area contributed by atoms with Crippen molar-refractivity contribution in [3.8, 4) is 0 Å². The van der Waals surface area contributed by atoms with E-state index in [1.807, 2.05) is 31.6 Å². The molecule has 0 saturated heterocycles. The van der Waals surface area contributed by atoms with E-state index in [9.17, 15) is 5.11 Å². The van der Waals surface area contributed by atoms with Crippen molar-refractivity contribution in [1.29, 1.82) is 0 Å². The number of aryl methyl sites for hydroxylation is 1. The molecule has 0 bridgehead atoms. The van der Waals surface area contributed by atoms with Crippen molar-refractivity contribution in [2.24, 2.45) is 7.05 Å². The number of aliphatic hydroxyl groups is 1. The van der Waals surface area contributed by atoms with Crippen LogP contribution in [-0.2, 0) is 13.5 Å². The smallest absolute Gasteiger partial charge is 0.0914 e. The van der Waals surface area contributed by atoms with E-state index < -0.39 is 6.10 Å². The second-order valence-electron chi connectivity index (χ2n) is 4.54. The molecule has 0 aliphatic heterocycles. The summed E-state index contributed by atoms with van der Waals surface area (Å²) < 4.78 is 1.79. The predicted molar refractivity (Wildman–Crippen MR) is 76.2 cm³/mol. The fourth-order valence-corrected chi connectivity index (χ4v) is 2.00. The van der Waals surface area contributed by atoms with Gasteiger partial charge in [0.2, 0.25) is 0 Å². The second kappa shape index (κ2) is 6.70. The van der Waals surface area contributed by atoms with Crippen LogP contribution in [0.15, 0.2) is 36.7 Å². The molecule has 5 heteroatoms. The molecular formula is C14H18ClN3O. The van der Waals surface area contributed by atoms with Crippen LogP contribution in [0.1, 0.15) is 17.2 Å². The summed E-state index contributed by atoms with van der Waals surface area (Å²) in [7, 11) is 1.90. The molecular weight excluding hydrogens is 262 g/mol. The van der Waals surface area contributed by atoms with Gasteiger partial charge in [-0.25, -0.2) is 0 Å². The van der Waals surface area contributed by atoms with E-state index in [1.54, 1.807) is 16.8 Å². The first-order valence-electron chi connectivity index (χ1n) is 6.27. The SMILES string of the molecule is Cn1cc(CCNCC(O)c2ccc(Cl)cc2)cn1. The first kappa shape index (κ1) is 14.1. The molecule has 4 nitrogen and oxygen atoms in total. The van der Waals surface area contributed by atoms with E-state index in [-0.39, 0.29) is 0 Å². The zero-order chi connectivity index (χ0) is 13.7. The van der Waals surface area contributed by atoms with Crippen LogP contribution < -0.4 is 5.32 Å². The van der Waals surface area contributed by atoms with Crippen LogP contribution in [0.4, 0.5) is 0 Å². The van der Waals surface area contributed by atoms with Crippen molar-refractivity contribution in [2.75, 3.05) is 13.1 Å². The Morgan fingerprint density at radius 1 is 1.37 bits per heavy atom. The fourth-order valence-electron chi connectivity index (χ4n) is 1.88. The highest BCUT2D eigenvalue weighted by Crippen LogP contribution is 2.15. The Bertz CT molecular complexity index is 510. The highest BCUT2D eigenvalue weighted by atomic mass is 35.5. The van der Waals surface area contributed by atoms with Crippen molar-refractivity contribution in [1.82, 2.24) is 15.1 Å². The third kappa shape index (κ3) is 4.35. The Labute approximate surface area is 118 Å². The van der Waals surface area contributed by atoms with Gasteiger partial charge in [0.05, 0.1) is 12.3 Å². The number of rotatable bonds is 6. The van der Waals surface area contributed by atoms with Gasteiger partial charge >= 0.3 is 0 Å². The van der Waals surface area contributed by atoms with E-state index in [0.717, 1.165) is 18.5 Å². The van der Waals surface area contributed by atoms with Gasteiger partial charge in [-0.05, 0) is 36.2 Å². The Morgan fingerprint density at radius 2 is 2.11 bits per heavy atom. The Hall–Kier alpha value is -1.36. The number of nitrogens with one attached hydrogen (secondary N) is 1. The summed E-state index contributed by atoms with van der Waals surface area (Å²) in [5, 5.41) is 18.0. The largest absolute Gasteiger partial charge is 0.387 e. The first-order valence-corrected chi connectivity index (χ1v) is 6.65. The molecule has 1 unspecified atom stereocenters. The molecule has 0 amide bonds. The van der Waals surface area contributed by atoms with Gasteiger partial charge < -0.3 is 10.4 Å². The first-order chi connectivity index (χ1) is 9.15. The molecule has 0 aliphatic rings. The predicted octanol–water partition coefficient (Wildman–Crippen LogP) is 1.94. The van der Waals surface area contributed by atoms with E-state index >= 15 is 0 Å². The van der Waals surface area contributed by atoms with E-state index in [1.165, 1.54) is 5.56 Å². The summed E-state index contributed by atoms with van der Waals surface area (Å²) in [5.74, 6) is 0. The molecule has 19 heavy (non-hydrogen) atoms. The molecule has 0 fully saturated rings. The third-order valence-electron chi connectivity index (χ3n) is 2.94. The van der Waals surface area contributed by atoms with Crippen LogP contribution in [0.3, 0.4) is 0 Å². The van der Waals surface area contributed by atoms with Crippen LogP contribution in [0.5, 0.6) is 0 Å². The Balaban J connectivity index is 1.72. The van der Waals surface area contributed by atoms with Gasteiger partial charge in [-0.3, -0.25) is 4.68 Å². The Morgan fingerprint density at radius 3 is 2.74 bits per heavy atom. The lowest BCUT2D eigenvalue weighted by Crippen LogP contribution is -2.23. The zero-order valence-electron chi connectivity index (χ0n) is 10.9. The molecule has 1 atom stereocenters. The number of aromatic nitrogens is 2. The highest BCUT2D eigenvalue weighted by Gasteiger charge is 2.06. The molecule has 1 heterocycles. The quantitative estimate of drug-likeness (QED) is 0.795.